The zero-order chi connectivity index (χ0) is 14.7. The van der Waals surface area contributed by atoms with E-state index >= 15 is 0 Å². The van der Waals surface area contributed by atoms with Gasteiger partial charge in [-0.15, -0.1) is 0 Å². The third-order valence-electron chi connectivity index (χ3n) is 4.16. The van der Waals surface area contributed by atoms with Gasteiger partial charge in [0, 0.05) is 6.04 Å². The molecule has 0 bridgehead atoms. The molecule has 3 rings (SSSR count). The van der Waals surface area contributed by atoms with Crippen molar-refractivity contribution >= 4 is 0 Å². The van der Waals surface area contributed by atoms with E-state index in [4.69, 9.17) is 4.74 Å². The molecule has 2 atom stereocenters. The van der Waals surface area contributed by atoms with Crippen molar-refractivity contribution in [2.45, 2.75) is 25.0 Å². The molecule has 3 heteroatoms. The van der Waals surface area contributed by atoms with Crippen molar-refractivity contribution in [2.75, 3.05) is 13.7 Å². The van der Waals surface area contributed by atoms with Crippen molar-refractivity contribution in [1.82, 2.24) is 5.32 Å². The van der Waals surface area contributed by atoms with E-state index in [9.17, 15) is 4.39 Å². The predicted octanol–water partition coefficient (Wildman–Crippen LogP) is 3.27. The molecule has 0 aromatic heterocycles. The van der Waals surface area contributed by atoms with Crippen LogP contribution in [-0.4, -0.2) is 19.7 Å². The highest BCUT2D eigenvalue weighted by Crippen LogP contribution is 2.31. The minimum Gasteiger partial charge on any atom is -0.372 e. The van der Waals surface area contributed by atoms with Crippen LogP contribution in [0.2, 0.25) is 0 Å². The lowest BCUT2D eigenvalue weighted by molar-refractivity contribution is 0.0170. The van der Waals surface area contributed by atoms with Crippen molar-refractivity contribution in [3.63, 3.8) is 0 Å². The average molecular weight is 285 g/mol. The zero-order valence-electron chi connectivity index (χ0n) is 12.2. The Morgan fingerprint density at radius 3 is 2.76 bits per heavy atom. The van der Waals surface area contributed by atoms with Crippen LogP contribution in [0.5, 0.6) is 0 Å². The zero-order valence-corrected chi connectivity index (χ0v) is 12.2. The lowest BCUT2D eigenvalue weighted by Gasteiger charge is -2.32. The number of rotatable bonds is 4. The number of hydrogen-bond donors (Lipinski definition) is 1. The standard InChI is InChI=1S/C18H20FNO/c1-20-17(12-14-7-3-5-9-16(14)19)18-15-8-4-2-6-13(15)10-11-21-18/h2-9,17-18,20H,10-12H2,1H3. The SMILES string of the molecule is CNC(Cc1ccccc1F)C1OCCc2ccccc21. The summed E-state index contributed by atoms with van der Waals surface area (Å²) in [6.07, 6.45) is 1.53. The first-order chi connectivity index (χ1) is 10.3. The lowest BCUT2D eigenvalue weighted by atomic mass is 9.90. The summed E-state index contributed by atoms with van der Waals surface area (Å²) in [5.74, 6) is -0.151. The van der Waals surface area contributed by atoms with Gasteiger partial charge in [-0.1, -0.05) is 42.5 Å². The summed E-state index contributed by atoms with van der Waals surface area (Å²) >= 11 is 0. The minimum absolute atomic E-state index is 0.0282. The Balaban J connectivity index is 1.86. The Labute approximate surface area is 125 Å². The van der Waals surface area contributed by atoms with Crippen LogP contribution in [0.25, 0.3) is 0 Å². The maximum Gasteiger partial charge on any atom is 0.126 e. The molecule has 1 aliphatic rings. The molecule has 1 N–H and O–H groups in total. The fraction of sp³-hybridized carbons (Fsp3) is 0.333. The normalized spacial score (nSPS) is 19.0. The number of fused-ring (bicyclic) bond motifs is 1. The molecular formula is C18H20FNO. The van der Waals surface area contributed by atoms with E-state index in [2.05, 4.69) is 23.5 Å². The van der Waals surface area contributed by atoms with Crippen LogP contribution in [-0.2, 0) is 17.6 Å². The molecule has 2 nitrogen and oxygen atoms in total. The number of ether oxygens (including phenoxy) is 1. The highest BCUT2D eigenvalue weighted by Gasteiger charge is 2.28. The summed E-state index contributed by atoms with van der Waals surface area (Å²) in [5, 5.41) is 3.30. The molecule has 0 amide bonds. The first kappa shape index (κ1) is 14.2. The largest absolute Gasteiger partial charge is 0.372 e. The van der Waals surface area contributed by atoms with Gasteiger partial charge in [-0.2, -0.15) is 0 Å². The molecule has 1 aliphatic heterocycles. The number of hydrogen-bond acceptors (Lipinski definition) is 2. The van der Waals surface area contributed by atoms with E-state index in [1.807, 2.05) is 25.2 Å². The molecular weight excluding hydrogens is 265 g/mol. The smallest absolute Gasteiger partial charge is 0.126 e. The average Bonchev–Trinajstić information content (AvgIpc) is 2.54. The minimum atomic E-state index is -0.151. The second-order valence-corrected chi connectivity index (χ2v) is 5.43. The molecule has 2 unspecified atom stereocenters. The topological polar surface area (TPSA) is 21.3 Å². The molecule has 0 saturated carbocycles. The van der Waals surface area contributed by atoms with Crippen molar-refractivity contribution < 1.29 is 9.13 Å². The quantitative estimate of drug-likeness (QED) is 0.931. The highest BCUT2D eigenvalue weighted by molar-refractivity contribution is 5.32. The first-order valence-electron chi connectivity index (χ1n) is 7.39. The summed E-state index contributed by atoms with van der Waals surface area (Å²) in [6, 6.07) is 15.4. The van der Waals surface area contributed by atoms with Gasteiger partial charge in [0.1, 0.15) is 5.82 Å². The molecule has 1 heterocycles. The molecule has 0 aliphatic carbocycles. The van der Waals surface area contributed by atoms with Crippen LogP contribution in [0.15, 0.2) is 48.5 Å². The van der Waals surface area contributed by atoms with Crippen LogP contribution in [0.3, 0.4) is 0 Å². The number of benzene rings is 2. The lowest BCUT2D eigenvalue weighted by Crippen LogP contribution is -2.38. The van der Waals surface area contributed by atoms with Crippen LogP contribution in [0, 0.1) is 5.82 Å². The van der Waals surface area contributed by atoms with Crippen LogP contribution < -0.4 is 5.32 Å². The molecule has 0 radical (unpaired) electrons. The third kappa shape index (κ3) is 2.99. The first-order valence-corrected chi connectivity index (χ1v) is 7.39. The van der Waals surface area contributed by atoms with Gasteiger partial charge in [0.05, 0.1) is 12.7 Å². The number of nitrogens with one attached hydrogen (secondary N) is 1. The fourth-order valence-corrected chi connectivity index (χ4v) is 3.02. The van der Waals surface area contributed by atoms with Crippen molar-refractivity contribution in [1.29, 1.82) is 0 Å². The maximum absolute atomic E-state index is 13.9. The summed E-state index contributed by atoms with van der Waals surface area (Å²) in [6.45, 7) is 0.719. The Hall–Kier alpha value is -1.71. The van der Waals surface area contributed by atoms with E-state index in [1.54, 1.807) is 6.07 Å². The van der Waals surface area contributed by atoms with E-state index in [-0.39, 0.29) is 18.0 Å². The third-order valence-corrected chi connectivity index (χ3v) is 4.16. The fourth-order valence-electron chi connectivity index (χ4n) is 3.02. The van der Waals surface area contributed by atoms with Gasteiger partial charge in [-0.05, 0) is 42.6 Å². The molecule has 0 saturated heterocycles. The Morgan fingerprint density at radius 2 is 1.95 bits per heavy atom. The van der Waals surface area contributed by atoms with Gasteiger partial charge in [0.2, 0.25) is 0 Å². The van der Waals surface area contributed by atoms with E-state index in [0.29, 0.717) is 6.42 Å². The highest BCUT2D eigenvalue weighted by atomic mass is 19.1. The van der Waals surface area contributed by atoms with Crippen molar-refractivity contribution in [2.24, 2.45) is 0 Å². The maximum atomic E-state index is 13.9. The Kier molecular flexibility index (Phi) is 4.32. The summed E-state index contributed by atoms with van der Waals surface area (Å²) in [4.78, 5) is 0. The Bertz CT molecular complexity index is 614. The Morgan fingerprint density at radius 1 is 1.19 bits per heavy atom. The molecule has 110 valence electrons. The molecule has 2 aromatic rings. The second-order valence-electron chi connectivity index (χ2n) is 5.43. The number of halogens is 1. The molecule has 0 fully saturated rings. The second kappa shape index (κ2) is 6.37. The van der Waals surface area contributed by atoms with Gasteiger partial charge in [-0.3, -0.25) is 0 Å². The van der Waals surface area contributed by atoms with Crippen molar-refractivity contribution in [3.8, 4) is 0 Å². The monoisotopic (exact) mass is 285 g/mol. The van der Waals surface area contributed by atoms with E-state index < -0.39 is 0 Å². The molecule has 0 spiro atoms. The van der Waals surface area contributed by atoms with Crippen molar-refractivity contribution in [3.05, 3.63) is 71.0 Å². The summed E-state index contributed by atoms with van der Waals surface area (Å²) < 4.78 is 19.9. The number of likely N-dealkylation sites (N-methyl/N-ethyl adjacent to an activating group) is 1. The molecule has 21 heavy (non-hydrogen) atoms. The van der Waals surface area contributed by atoms with Gasteiger partial charge < -0.3 is 10.1 Å². The van der Waals surface area contributed by atoms with Gasteiger partial charge >= 0.3 is 0 Å². The van der Waals surface area contributed by atoms with Crippen LogP contribution in [0.4, 0.5) is 4.39 Å². The van der Waals surface area contributed by atoms with E-state index in [0.717, 1.165) is 18.6 Å². The predicted molar refractivity (Wildman–Crippen MR) is 81.8 cm³/mol. The van der Waals surface area contributed by atoms with Crippen LogP contribution >= 0.6 is 0 Å². The van der Waals surface area contributed by atoms with Gasteiger partial charge in [-0.25, -0.2) is 4.39 Å². The van der Waals surface area contributed by atoms with Gasteiger partial charge in [0.25, 0.3) is 0 Å². The summed E-state index contributed by atoms with van der Waals surface area (Å²) in [7, 11) is 1.91. The van der Waals surface area contributed by atoms with Crippen LogP contribution in [0.1, 0.15) is 22.8 Å². The van der Waals surface area contributed by atoms with E-state index in [1.165, 1.54) is 17.2 Å². The van der Waals surface area contributed by atoms with Gasteiger partial charge in [0.15, 0.2) is 0 Å². The summed E-state index contributed by atoms with van der Waals surface area (Å²) in [5.41, 5.74) is 3.28. The molecule has 2 aromatic carbocycles.